The summed E-state index contributed by atoms with van der Waals surface area (Å²) in [4.78, 5) is 0. The summed E-state index contributed by atoms with van der Waals surface area (Å²) < 4.78 is 14.2. The molecule has 0 aliphatic rings. The number of nitrogens with one attached hydrogen (secondary N) is 1. The van der Waals surface area contributed by atoms with E-state index in [1.807, 2.05) is 31.2 Å². The number of rotatable bonds is 5. The molecule has 1 N–H and O–H groups in total. The Morgan fingerprint density at radius 2 is 1.86 bits per heavy atom. The van der Waals surface area contributed by atoms with E-state index in [1.54, 1.807) is 0 Å². The van der Waals surface area contributed by atoms with Crippen molar-refractivity contribution in [2.24, 2.45) is 0 Å². The lowest BCUT2D eigenvalue weighted by atomic mass is 9.98. The van der Waals surface area contributed by atoms with Gasteiger partial charge in [-0.25, -0.2) is 4.39 Å². The van der Waals surface area contributed by atoms with Gasteiger partial charge >= 0.3 is 0 Å². The summed E-state index contributed by atoms with van der Waals surface area (Å²) in [5.41, 5.74) is 1.73. The van der Waals surface area contributed by atoms with Crippen LogP contribution in [0, 0.1) is 5.82 Å². The second kappa shape index (κ2) is 7.59. The highest BCUT2D eigenvalue weighted by molar-refractivity contribution is 9.10. The maximum absolute atomic E-state index is 13.5. The average Bonchev–Trinajstić information content (AvgIpc) is 2.37. The predicted octanol–water partition coefficient (Wildman–Crippen LogP) is 5.79. The summed E-state index contributed by atoms with van der Waals surface area (Å²) in [5.74, 6) is -0.264. The molecule has 1 nitrogen and oxygen atoms in total. The van der Waals surface area contributed by atoms with Crippen molar-refractivity contribution in [3.63, 3.8) is 0 Å². The molecular formula is C16H15BrCl2FN. The van der Waals surface area contributed by atoms with Crippen LogP contribution in [0.1, 0.15) is 24.1 Å². The molecule has 2 aromatic carbocycles. The molecule has 1 atom stereocenters. The summed E-state index contributed by atoms with van der Waals surface area (Å²) in [7, 11) is 0. The summed E-state index contributed by atoms with van der Waals surface area (Å²) >= 11 is 15.9. The molecule has 0 bridgehead atoms. The van der Waals surface area contributed by atoms with Crippen LogP contribution >= 0.6 is 39.1 Å². The van der Waals surface area contributed by atoms with Gasteiger partial charge in [0.15, 0.2) is 0 Å². The smallest absolute Gasteiger partial charge is 0.124 e. The van der Waals surface area contributed by atoms with Crippen LogP contribution in [-0.4, -0.2) is 6.54 Å². The molecule has 21 heavy (non-hydrogen) atoms. The molecule has 0 fully saturated rings. The third-order valence-corrected chi connectivity index (χ3v) is 4.28. The minimum atomic E-state index is -0.264. The van der Waals surface area contributed by atoms with Gasteiger partial charge in [0, 0.05) is 26.1 Å². The summed E-state index contributed by atoms with van der Waals surface area (Å²) in [6, 6.07) is 10.2. The van der Waals surface area contributed by atoms with Crippen LogP contribution in [0.5, 0.6) is 0 Å². The SMILES string of the molecule is CCNC(Cc1cc(F)cc(Br)c1)c1c(Cl)cccc1Cl. The van der Waals surface area contributed by atoms with E-state index in [4.69, 9.17) is 23.2 Å². The molecule has 0 radical (unpaired) electrons. The van der Waals surface area contributed by atoms with E-state index in [2.05, 4.69) is 21.2 Å². The van der Waals surface area contributed by atoms with Crippen molar-refractivity contribution in [2.45, 2.75) is 19.4 Å². The number of hydrogen-bond acceptors (Lipinski definition) is 1. The average molecular weight is 391 g/mol. The predicted molar refractivity (Wildman–Crippen MR) is 90.7 cm³/mol. The molecule has 0 aromatic heterocycles. The molecule has 0 spiro atoms. The zero-order valence-electron chi connectivity index (χ0n) is 11.5. The Balaban J connectivity index is 2.35. The van der Waals surface area contributed by atoms with Gasteiger partial charge in [-0.1, -0.05) is 52.1 Å². The van der Waals surface area contributed by atoms with E-state index in [-0.39, 0.29) is 11.9 Å². The fraction of sp³-hybridized carbons (Fsp3) is 0.250. The summed E-state index contributed by atoms with van der Waals surface area (Å²) in [5, 5.41) is 4.59. The standard InChI is InChI=1S/C16H15BrCl2FN/c1-2-21-15(16-13(18)4-3-5-14(16)19)8-10-6-11(17)9-12(20)7-10/h3-7,9,15,21H,2,8H2,1H3. The van der Waals surface area contributed by atoms with E-state index in [1.165, 1.54) is 12.1 Å². The van der Waals surface area contributed by atoms with Gasteiger partial charge < -0.3 is 5.32 Å². The van der Waals surface area contributed by atoms with Crippen molar-refractivity contribution < 1.29 is 4.39 Å². The largest absolute Gasteiger partial charge is 0.310 e. The first-order valence-electron chi connectivity index (χ1n) is 6.63. The van der Waals surface area contributed by atoms with Crippen molar-refractivity contribution in [2.75, 3.05) is 6.54 Å². The molecule has 112 valence electrons. The van der Waals surface area contributed by atoms with Gasteiger partial charge in [0.05, 0.1) is 0 Å². The molecule has 5 heteroatoms. The van der Waals surface area contributed by atoms with E-state index in [9.17, 15) is 4.39 Å². The Labute approximate surface area is 142 Å². The number of hydrogen-bond donors (Lipinski definition) is 1. The van der Waals surface area contributed by atoms with Crippen LogP contribution in [0.2, 0.25) is 10.0 Å². The second-order valence-corrected chi connectivity index (χ2v) is 6.46. The van der Waals surface area contributed by atoms with Crippen molar-refractivity contribution >= 4 is 39.1 Å². The third-order valence-electron chi connectivity index (χ3n) is 3.16. The number of likely N-dealkylation sites (N-methyl/N-ethyl adjacent to an activating group) is 1. The lowest BCUT2D eigenvalue weighted by Crippen LogP contribution is -2.23. The maximum atomic E-state index is 13.5. The Morgan fingerprint density at radius 3 is 2.43 bits per heavy atom. The van der Waals surface area contributed by atoms with Crippen molar-refractivity contribution in [1.82, 2.24) is 5.32 Å². The Hall–Kier alpha value is -0.610. The molecular weight excluding hydrogens is 376 g/mol. The van der Waals surface area contributed by atoms with Crippen molar-refractivity contribution in [3.8, 4) is 0 Å². The molecule has 0 amide bonds. The molecule has 0 saturated carbocycles. The van der Waals surface area contributed by atoms with Crippen LogP contribution in [0.25, 0.3) is 0 Å². The van der Waals surface area contributed by atoms with Crippen LogP contribution in [0.3, 0.4) is 0 Å². The van der Waals surface area contributed by atoms with E-state index < -0.39 is 0 Å². The topological polar surface area (TPSA) is 12.0 Å². The maximum Gasteiger partial charge on any atom is 0.124 e. The first-order valence-corrected chi connectivity index (χ1v) is 8.18. The molecule has 1 unspecified atom stereocenters. The van der Waals surface area contributed by atoms with E-state index in [0.717, 1.165) is 22.1 Å². The van der Waals surface area contributed by atoms with Gasteiger partial charge in [-0.15, -0.1) is 0 Å². The zero-order chi connectivity index (χ0) is 15.4. The van der Waals surface area contributed by atoms with Gasteiger partial charge in [0.2, 0.25) is 0 Å². The second-order valence-electron chi connectivity index (χ2n) is 4.73. The Morgan fingerprint density at radius 1 is 1.19 bits per heavy atom. The fourth-order valence-electron chi connectivity index (χ4n) is 2.33. The molecule has 0 aliphatic carbocycles. The minimum absolute atomic E-state index is 0.0649. The highest BCUT2D eigenvalue weighted by Crippen LogP contribution is 2.32. The van der Waals surface area contributed by atoms with Crippen LogP contribution in [0.15, 0.2) is 40.9 Å². The van der Waals surface area contributed by atoms with Gasteiger partial charge in [-0.05, 0) is 48.9 Å². The monoisotopic (exact) mass is 389 g/mol. The first kappa shape index (κ1) is 16.8. The quantitative estimate of drug-likeness (QED) is 0.681. The van der Waals surface area contributed by atoms with Gasteiger partial charge in [0.25, 0.3) is 0 Å². The molecule has 0 heterocycles. The number of halogens is 4. The van der Waals surface area contributed by atoms with Gasteiger partial charge in [-0.3, -0.25) is 0 Å². The van der Waals surface area contributed by atoms with Crippen LogP contribution in [-0.2, 0) is 6.42 Å². The Kier molecular flexibility index (Phi) is 6.06. The van der Waals surface area contributed by atoms with Crippen molar-refractivity contribution in [3.05, 3.63) is 67.9 Å². The molecule has 0 aliphatic heterocycles. The van der Waals surface area contributed by atoms with Crippen LogP contribution < -0.4 is 5.32 Å². The summed E-state index contributed by atoms with van der Waals surface area (Å²) in [6.45, 7) is 2.78. The Bertz CT molecular complexity index is 593. The normalized spacial score (nSPS) is 12.4. The number of benzene rings is 2. The molecule has 0 saturated heterocycles. The van der Waals surface area contributed by atoms with E-state index >= 15 is 0 Å². The van der Waals surface area contributed by atoms with E-state index in [0.29, 0.717) is 16.5 Å². The molecule has 2 rings (SSSR count). The third kappa shape index (κ3) is 4.43. The fourth-order valence-corrected chi connectivity index (χ4v) is 3.50. The minimum Gasteiger partial charge on any atom is -0.310 e. The first-order chi connectivity index (χ1) is 10.0. The highest BCUT2D eigenvalue weighted by atomic mass is 79.9. The molecule has 2 aromatic rings. The lowest BCUT2D eigenvalue weighted by Gasteiger charge is -2.21. The summed E-state index contributed by atoms with van der Waals surface area (Å²) in [6.07, 6.45) is 0.605. The lowest BCUT2D eigenvalue weighted by molar-refractivity contribution is 0.547. The van der Waals surface area contributed by atoms with Gasteiger partial charge in [-0.2, -0.15) is 0 Å². The highest BCUT2D eigenvalue weighted by Gasteiger charge is 2.18. The zero-order valence-corrected chi connectivity index (χ0v) is 14.6. The van der Waals surface area contributed by atoms with Crippen molar-refractivity contribution in [1.29, 1.82) is 0 Å². The van der Waals surface area contributed by atoms with Crippen LogP contribution in [0.4, 0.5) is 4.39 Å². The van der Waals surface area contributed by atoms with Gasteiger partial charge in [0.1, 0.15) is 5.82 Å².